The molecule has 4 heterocycles. The normalized spacial score (nSPS) is 14.5. The molecule has 5 nitrogen and oxygen atoms in total. The van der Waals surface area contributed by atoms with Crippen LogP contribution in [0, 0.1) is 19.7 Å². The topological polar surface area (TPSA) is 58.5 Å². The van der Waals surface area contributed by atoms with Gasteiger partial charge in [0.1, 0.15) is 11.5 Å². The van der Waals surface area contributed by atoms with E-state index in [9.17, 15) is 4.39 Å². The number of hydrogen-bond acceptors (Lipinski definition) is 3. The third-order valence-corrected chi connectivity index (χ3v) is 7.46. The Hall–Kier alpha value is -3.77. The number of H-pyrrole nitrogens is 1. The third kappa shape index (κ3) is 4.22. The maximum Gasteiger partial charge on any atom is 0.137 e. The summed E-state index contributed by atoms with van der Waals surface area (Å²) >= 11 is 0. The van der Waals surface area contributed by atoms with Gasteiger partial charge in [-0.15, -0.1) is 0 Å². The highest BCUT2D eigenvalue weighted by molar-refractivity contribution is 5.97. The van der Waals surface area contributed by atoms with Gasteiger partial charge in [0.15, 0.2) is 0 Å². The first-order valence-corrected chi connectivity index (χ1v) is 12.6. The van der Waals surface area contributed by atoms with Gasteiger partial charge in [0.05, 0.1) is 12.2 Å². The van der Waals surface area contributed by atoms with Crippen LogP contribution in [-0.4, -0.2) is 32.8 Å². The predicted molar refractivity (Wildman–Crippen MR) is 143 cm³/mol. The zero-order valence-electron chi connectivity index (χ0n) is 20.7. The van der Waals surface area contributed by atoms with Crippen molar-refractivity contribution in [2.24, 2.45) is 0 Å². The van der Waals surface area contributed by atoms with E-state index in [1.807, 2.05) is 30.1 Å². The molecule has 3 aromatic heterocycles. The molecule has 0 saturated carbocycles. The lowest BCUT2D eigenvalue weighted by Crippen LogP contribution is -2.26. The lowest BCUT2D eigenvalue weighted by molar-refractivity contribution is 0.460. The summed E-state index contributed by atoms with van der Waals surface area (Å²) in [4.78, 5) is 8.06. The van der Waals surface area contributed by atoms with Gasteiger partial charge in [-0.05, 0) is 80.6 Å². The van der Waals surface area contributed by atoms with E-state index in [4.69, 9.17) is 10.1 Å². The molecule has 1 fully saturated rings. The van der Waals surface area contributed by atoms with Crippen LogP contribution in [0.15, 0.2) is 67.0 Å². The highest BCUT2D eigenvalue weighted by Gasteiger charge is 2.19. The zero-order valence-corrected chi connectivity index (χ0v) is 20.7. The van der Waals surface area contributed by atoms with Crippen molar-refractivity contribution in [3.8, 4) is 22.3 Å². The molecule has 0 aliphatic carbocycles. The van der Waals surface area contributed by atoms with Crippen LogP contribution < -0.4 is 5.32 Å². The van der Waals surface area contributed by atoms with Crippen molar-refractivity contribution >= 4 is 11.0 Å². The van der Waals surface area contributed by atoms with Crippen molar-refractivity contribution in [2.45, 2.75) is 39.2 Å². The highest BCUT2D eigenvalue weighted by Crippen LogP contribution is 2.35. The van der Waals surface area contributed by atoms with Crippen LogP contribution in [0.2, 0.25) is 0 Å². The van der Waals surface area contributed by atoms with Crippen LogP contribution in [-0.2, 0) is 6.54 Å². The molecule has 6 heteroatoms. The molecule has 2 N–H and O–H groups in total. The Balaban J connectivity index is 1.33. The molecular weight excluding hydrogens is 449 g/mol. The number of aryl methyl sites for hydroxylation is 1. The van der Waals surface area contributed by atoms with Crippen molar-refractivity contribution in [3.05, 3.63) is 95.3 Å². The van der Waals surface area contributed by atoms with Gasteiger partial charge < -0.3 is 10.3 Å². The first-order chi connectivity index (χ1) is 17.6. The smallest absolute Gasteiger partial charge is 0.137 e. The number of aromatic nitrogens is 4. The first kappa shape index (κ1) is 22.7. The Labute approximate surface area is 210 Å². The standard InChI is InChI=1S/C30H30FN5/c1-19-29(20(2)36(35-19)18-21-4-3-5-26(31)14-21)28-17-34-30-27(28)15-25(16-33-30)23-8-6-22(7-9-23)24-10-12-32-13-11-24/h3-9,14-17,24,32H,10-13,18H2,1-2H3,(H,33,34). The highest BCUT2D eigenvalue weighted by atomic mass is 19.1. The SMILES string of the molecule is Cc1nn(Cc2cccc(F)c2)c(C)c1-c1c[nH]c2ncc(-c3ccc(C4CCNCC4)cc3)cc12. The quantitative estimate of drug-likeness (QED) is 0.308. The molecule has 6 rings (SSSR count). The van der Waals surface area contributed by atoms with Gasteiger partial charge in [0, 0.05) is 40.2 Å². The van der Waals surface area contributed by atoms with Crippen LogP contribution in [0.3, 0.4) is 0 Å². The largest absolute Gasteiger partial charge is 0.346 e. The number of nitrogens with one attached hydrogen (secondary N) is 2. The Morgan fingerprint density at radius 1 is 1.00 bits per heavy atom. The zero-order chi connectivity index (χ0) is 24.6. The Morgan fingerprint density at radius 3 is 2.58 bits per heavy atom. The summed E-state index contributed by atoms with van der Waals surface area (Å²) in [6, 6.07) is 17.9. The molecule has 0 bridgehead atoms. The summed E-state index contributed by atoms with van der Waals surface area (Å²) in [7, 11) is 0. The van der Waals surface area contributed by atoms with E-state index in [0.717, 1.165) is 57.8 Å². The molecule has 1 aliphatic heterocycles. The lowest BCUT2D eigenvalue weighted by atomic mass is 9.89. The molecule has 2 aromatic carbocycles. The number of rotatable bonds is 5. The fourth-order valence-corrected chi connectivity index (χ4v) is 5.52. The van der Waals surface area contributed by atoms with Crippen molar-refractivity contribution in [2.75, 3.05) is 13.1 Å². The molecular formula is C30H30FN5. The van der Waals surface area contributed by atoms with Crippen molar-refractivity contribution in [1.29, 1.82) is 0 Å². The van der Waals surface area contributed by atoms with Crippen LogP contribution in [0.25, 0.3) is 33.3 Å². The van der Waals surface area contributed by atoms with Crippen molar-refractivity contribution < 1.29 is 4.39 Å². The summed E-state index contributed by atoms with van der Waals surface area (Å²) in [6.45, 7) is 6.83. The summed E-state index contributed by atoms with van der Waals surface area (Å²) in [6.07, 6.45) is 6.36. The number of fused-ring (bicyclic) bond motifs is 1. The van der Waals surface area contributed by atoms with Crippen LogP contribution in [0.5, 0.6) is 0 Å². The number of aromatic amines is 1. The minimum absolute atomic E-state index is 0.228. The van der Waals surface area contributed by atoms with Gasteiger partial charge in [-0.25, -0.2) is 9.37 Å². The van der Waals surface area contributed by atoms with E-state index in [0.29, 0.717) is 12.5 Å². The molecule has 36 heavy (non-hydrogen) atoms. The number of hydrogen-bond donors (Lipinski definition) is 2. The summed E-state index contributed by atoms with van der Waals surface area (Å²) in [5.74, 6) is 0.417. The lowest BCUT2D eigenvalue weighted by Gasteiger charge is -2.23. The number of halogens is 1. The second kappa shape index (κ2) is 9.36. The van der Waals surface area contributed by atoms with Crippen LogP contribution in [0.1, 0.15) is 41.3 Å². The van der Waals surface area contributed by atoms with E-state index in [1.54, 1.807) is 12.1 Å². The second-order valence-corrected chi connectivity index (χ2v) is 9.80. The fourth-order valence-electron chi connectivity index (χ4n) is 5.52. The van der Waals surface area contributed by atoms with Crippen molar-refractivity contribution in [3.63, 3.8) is 0 Å². The van der Waals surface area contributed by atoms with E-state index in [-0.39, 0.29) is 5.82 Å². The average molecular weight is 480 g/mol. The van der Waals surface area contributed by atoms with Crippen LogP contribution >= 0.6 is 0 Å². The van der Waals surface area contributed by atoms with E-state index >= 15 is 0 Å². The fraction of sp³-hybridized carbons (Fsp3) is 0.267. The molecule has 1 saturated heterocycles. The molecule has 0 unspecified atom stereocenters. The molecule has 0 atom stereocenters. The number of benzene rings is 2. The Bertz CT molecular complexity index is 1520. The molecule has 0 amide bonds. The maximum atomic E-state index is 13.7. The minimum atomic E-state index is -0.228. The predicted octanol–water partition coefficient (Wildman–Crippen LogP) is 6.36. The summed E-state index contributed by atoms with van der Waals surface area (Å²) in [5.41, 5.74) is 9.63. The third-order valence-electron chi connectivity index (χ3n) is 7.46. The number of nitrogens with zero attached hydrogens (tertiary/aromatic N) is 3. The molecule has 0 spiro atoms. The van der Waals surface area contributed by atoms with E-state index in [1.165, 1.54) is 30.0 Å². The number of piperidine rings is 1. The maximum absolute atomic E-state index is 13.7. The summed E-state index contributed by atoms with van der Waals surface area (Å²) in [5, 5.41) is 9.31. The van der Waals surface area contributed by atoms with Gasteiger partial charge >= 0.3 is 0 Å². The minimum Gasteiger partial charge on any atom is -0.346 e. The summed E-state index contributed by atoms with van der Waals surface area (Å²) < 4.78 is 15.7. The Kier molecular flexibility index (Phi) is 5.89. The van der Waals surface area contributed by atoms with Gasteiger partial charge in [0.25, 0.3) is 0 Å². The monoisotopic (exact) mass is 479 g/mol. The second-order valence-electron chi connectivity index (χ2n) is 9.80. The van der Waals surface area contributed by atoms with Gasteiger partial charge in [0.2, 0.25) is 0 Å². The van der Waals surface area contributed by atoms with Gasteiger partial charge in [-0.1, -0.05) is 36.4 Å². The van der Waals surface area contributed by atoms with Crippen molar-refractivity contribution in [1.82, 2.24) is 25.1 Å². The van der Waals surface area contributed by atoms with Gasteiger partial charge in [-0.3, -0.25) is 4.68 Å². The van der Waals surface area contributed by atoms with Gasteiger partial charge in [-0.2, -0.15) is 5.10 Å². The first-order valence-electron chi connectivity index (χ1n) is 12.6. The van der Waals surface area contributed by atoms with E-state index < -0.39 is 0 Å². The Morgan fingerprint density at radius 2 is 1.81 bits per heavy atom. The van der Waals surface area contributed by atoms with Crippen LogP contribution in [0.4, 0.5) is 4.39 Å². The molecule has 5 aromatic rings. The number of pyridine rings is 1. The average Bonchev–Trinajstić information content (AvgIpc) is 3.43. The van der Waals surface area contributed by atoms with E-state index in [2.05, 4.69) is 47.6 Å². The molecule has 182 valence electrons. The molecule has 0 radical (unpaired) electrons. The molecule has 1 aliphatic rings.